The topological polar surface area (TPSA) is 40.5 Å². The summed E-state index contributed by atoms with van der Waals surface area (Å²) in [6.45, 7) is 8.12. The van der Waals surface area contributed by atoms with Gasteiger partial charge in [0.1, 0.15) is 11.5 Å². The monoisotopic (exact) mass is 692 g/mol. The molecule has 2 nitrogen and oxygen atoms in total. The molecule has 0 heterocycles. The highest BCUT2D eigenvalue weighted by atomic mass is 79.9. The van der Waals surface area contributed by atoms with Crippen LogP contribution in [0.15, 0.2) is 120 Å². The molecular formula is C38H35B2BrO2S2. The van der Waals surface area contributed by atoms with Gasteiger partial charge in [0.15, 0.2) is 12.0 Å². The summed E-state index contributed by atoms with van der Waals surface area (Å²) in [5, 5.41) is 18.3. The minimum absolute atomic E-state index is 0.528. The summed E-state index contributed by atoms with van der Waals surface area (Å²) < 4.78 is 16.2. The number of rotatable bonds is 4. The first kappa shape index (κ1) is 30.2. The van der Waals surface area contributed by atoms with Crippen LogP contribution in [-0.4, -0.2) is 25.1 Å². The third-order valence-electron chi connectivity index (χ3n) is 7.29. The van der Waals surface area contributed by atoms with Crippen LogP contribution in [0, 0.1) is 0 Å². The summed E-state index contributed by atoms with van der Waals surface area (Å²) in [6, 6.07) is 39.0. The number of phenolic OH excluding ortho intramolecular Hbond substituents is 2. The molecule has 45 heavy (non-hydrogen) atoms. The van der Waals surface area contributed by atoms with E-state index in [1.807, 2.05) is 75.8 Å². The number of benzene rings is 7. The largest absolute Gasteiger partial charge is 0.507 e. The van der Waals surface area contributed by atoms with E-state index >= 15 is 0 Å². The molecule has 0 aliphatic carbocycles. The van der Waals surface area contributed by atoms with E-state index < -0.39 is 0 Å². The first-order chi connectivity index (χ1) is 22.7. The van der Waals surface area contributed by atoms with Gasteiger partial charge in [-0.25, -0.2) is 25.0 Å². The Morgan fingerprint density at radius 1 is 0.489 bits per heavy atom. The van der Waals surface area contributed by atoms with Crippen LogP contribution in [0.1, 0.15) is 0 Å². The molecule has 0 aliphatic heterocycles. The fourth-order valence-corrected chi connectivity index (χ4v) is 6.07. The Hall–Kier alpha value is -3.51. The van der Waals surface area contributed by atoms with Crippen LogP contribution in [0.25, 0.3) is 65.3 Å². The summed E-state index contributed by atoms with van der Waals surface area (Å²) in [7, 11) is 0. The lowest BCUT2D eigenvalue weighted by atomic mass is 9.83. The lowest BCUT2D eigenvalue weighted by Gasteiger charge is -2.20. The molecule has 2 N–H and O–H groups in total. The van der Waals surface area contributed by atoms with Crippen molar-refractivity contribution in [3.05, 3.63) is 120 Å². The highest BCUT2D eigenvalue weighted by Crippen LogP contribution is 2.48. The molecule has 0 bridgehead atoms. The molecule has 0 saturated heterocycles. The van der Waals surface area contributed by atoms with Gasteiger partial charge < -0.3 is 10.2 Å². The summed E-state index contributed by atoms with van der Waals surface area (Å²) in [5.74, 6) is 2.12. The highest BCUT2D eigenvalue weighted by Gasteiger charge is 2.20. The van der Waals surface area contributed by atoms with Gasteiger partial charge in [-0.2, -0.15) is 0 Å². The molecule has 7 rings (SSSR count). The standard InChI is InChI=1S/C34H21BrO2.2C2H7BS/c35-20-13-14-29-30(19-20)34(28-16-18-32(37)24-10-4-2-8-22(24)28)26-12-6-5-11-25(26)33(29)27-15-17-31(36)23-9-3-1-7-21(23)27;2*1-3(2)4/h1-19,36-37H;2*4H,1-2H3/i/hT2. The Bertz CT molecular complexity index is 2180. The average molecular weight is 693 g/mol. The Kier molecular flexibility index (Phi) is 9.57. The number of halogens is 1. The minimum atomic E-state index is 0.528. The Morgan fingerprint density at radius 3 is 1.27 bits per heavy atom. The van der Waals surface area contributed by atoms with Gasteiger partial charge in [-0.15, -0.1) is 0 Å². The number of phenols is 2. The lowest BCUT2D eigenvalue weighted by Crippen LogP contribution is -1.92. The van der Waals surface area contributed by atoms with Gasteiger partial charge in [0, 0.05) is 15.2 Å². The fourth-order valence-electron chi connectivity index (χ4n) is 5.71. The second-order valence-electron chi connectivity index (χ2n) is 11.5. The molecule has 7 heteroatoms. The molecule has 0 radical (unpaired) electrons. The van der Waals surface area contributed by atoms with E-state index in [-0.39, 0.29) is 0 Å². The van der Waals surface area contributed by atoms with Crippen molar-refractivity contribution in [1.82, 2.24) is 0 Å². The number of aromatic hydroxyl groups is 2. The molecular weight excluding hydrogens is 654 g/mol. The Morgan fingerprint density at radius 2 is 0.844 bits per heavy atom. The van der Waals surface area contributed by atoms with Crippen LogP contribution in [0.2, 0.25) is 27.3 Å². The maximum Gasteiger partial charge on any atom is 0.293 e. The maximum absolute atomic E-state index is 7.58. The van der Waals surface area contributed by atoms with E-state index in [1.165, 1.54) is 0 Å². The van der Waals surface area contributed by atoms with Crippen LogP contribution < -0.4 is 0 Å². The third-order valence-corrected chi connectivity index (χ3v) is 7.79. The molecule has 0 aromatic heterocycles. The van der Waals surface area contributed by atoms with E-state index in [0.717, 1.165) is 69.8 Å². The van der Waals surface area contributed by atoms with Gasteiger partial charge in [0.25, 0.3) is 2.86 Å². The molecule has 0 amide bonds. The molecule has 7 aromatic rings. The Balaban J connectivity index is 0.000000490. The van der Waals surface area contributed by atoms with Crippen LogP contribution in [0.5, 0.6) is 11.5 Å². The van der Waals surface area contributed by atoms with Crippen molar-refractivity contribution in [2.45, 2.75) is 27.3 Å². The lowest BCUT2D eigenvalue weighted by molar-refractivity contribution is 0.481. The molecule has 224 valence electrons. The molecule has 0 saturated carbocycles. The number of fused-ring (bicyclic) bond motifs is 4. The van der Waals surface area contributed by atoms with E-state index in [1.54, 1.807) is 0 Å². The van der Waals surface area contributed by atoms with Crippen molar-refractivity contribution in [2.24, 2.45) is 0 Å². The van der Waals surface area contributed by atoms with Crippen molar-refractivity contribution in [3.8, 4) is 33.8 Å². The minimum Gasteiger partial charge on any atom is -0.507 e. The fraction of sp³-hybridized carbons (Fsp3) is 0.105. The van der Waals surface area contributed by atoms with Crippen molar-refractivity contribution in [3.63, 3.8) is 0 Å². The quantitative estimate of drug-likeness (QED) is 0.0842. The zero-order valence-corrected chi connectivity index (χ0v) is 29.1. The number of thiol groups is 2. The van der Waals surface area contributed by atoms with Gasteiger partial charge in [0.2, 0.25) is 0 Å². The first-order valence-electron chi connectivity index (χ1n) is 15.8. The average Bonchev–Trinajstić information content (AvgIpc) is 3.06. The molecule has 0 fully saturated rings. The third kappa shape index (κ3) is 7.01. The molecule has 0 atom stereocenters. The second kappa shape index (κ2) is 14.3. The van der Waals surface area contributed by atoms with E-state index in [4.69, 9.17) is 13.1 Å². The predicted octanol–water partition coefficient (Wildman–Crippen LogP) is 12.1. The van der Waals surface area contributed by atoms with Crippen LogP contribution in [0.4, 0.5) is 0 Å². The molecule has 0 unspecified atom stereocenters. The van der Waals surface area contributed by atoms with Gasteiger partial charge in [-0.05, 0) is 78.8 Å². The van der Waals surface area contributed by atoms with Crippen LogP contribution in [0.3, 0.4) is 0 Å². The molecule has 7 aromatic carbocycles. The SMILES string of the molecule is CB(C)S.CB(C)S.[3H]Oc1ccc(-c2c3ccccc3c(-c3ccc(O[3H])c4ccccc34)c3cc(Br)ccc23)c2ccccc12. The van der Waals surface area contributed by atoms with Crippen molar-refractivity contribution < 1.29 is 10.2 Å². The maximum atomic E-state index is 7.58. The Labute approximate surface area is 288 Å². The van der Waals surface area contributed by atoms with Crippen molar-refractivity contribution in [1.29, 1.82) is 2.86 Å². The zero-order valence-electron chi connectivity index (χ0n) is 27.7. The number of hydrogen-bond donors (Lipinski definition) is 4. The van der Waals surface area contributed by atoms with Crippen molar-refractivity contribution in [2.75, 3.05) is 0 Å². The normalized spacial score (nSPS) is 11.2. The summed E-state index contributed by atoms with van der Waals surface area (Å²) in [5.41, 5.74) is 4.44. The van der Waals surface area contributed by atoms with Gasteiger partial charge in [-0.1, -0.05) is 134 Å². The van der Waals surface area contributed by atoms with E-state index in [0.29, 0.717) is 23.5 Å². The van der Waals surface area contributed by atoms with Gasteiger partial charge >= 0.3 is 0 Å². The van der Waals surface area contributed by atoms with Gasteiger partial charge in [0.05, 0.1) is 0 Å². The van der Waals surface area contributed by atoms with E-state index in [2.05, 4.69) is 108 Å². The predicted molar refractivity (Wildman–Crippen MR) is 211 cm³/mol. The number of hydrogen-bond acceptors (Lipinski definition) is 4. The molecule has 0 aliphatic rings. The van der Waals surface area contributed by atoms with E-state index in [9.17, 15) is 0 Å². The highest BCUT2D eigenvalue weighted by molar-refractivity contribution is 9.10. The van der Waals surface area contributed by atoms with Crippen LogP contribution >= 0.6 is 40.9 Å². The zero-order chi connectivity index (χ0) is 33.7. The summed E-state index contributed by atoms with van der Waals surface area (Å²) in [4.78, 5) is 0. The second-order valence-corrected chi connectivity index (χ2v) is 14.5. The first-order valence-corrected chi connectivity index (χ1v) is 16.8. The van der Waals surface area contributed by atoms with Crippen LogP contribution in [-0.2, 0) is 0 Å². The van der Waals surface area contributed by atoms with Crippen molar-refractivity contribution >= 4 is 96.0 Å². The summed E-state index contributed by atoms with van der Waals surface area (Å²) in [6.07, 6.45) is 0. The summed E-state index contributed by atoms with van der Waals surface area (Å²) >= 11 is 11.7. The smallest absolute Gasteiger partial charge is 0.293 e. The van der Waals surface area contributed by atoms with Gasteiger partial charge in [-0.3, -0.25) is 0 Å². The molecule has 0 spiro atoms.